The fraction of sp³-hybridized carbons (Fsp3) is 0.318. The standard InChI is InChI=1S/C22H21BrCl2N2O2/c1-13-9-14(23)10-20-17(13)11-15(26(20)2)12-18-19(24)4-3-16(21(18)25)22(28)27-5-7-29-8-6-27/h3-4,9-11H,5-8,12H2,1-2H3. The van der Waals surface area contributed by atoms with Crippen LogP contribution in [-0.2, 0) is 18.2 Å². The summed E-state index contributed by atoms with van der Waals surface area (Å²) in [6, 6.07) is 9.86. The lowest BCUT2D eigenvalue weighted by Crippen LogP contribution is -2.40. The molecule has 1 saturated heterocycles. The minimum Gasteiger partial charge on any atom is -0.378 e. The van der Waals surface area contributed by atoms with Gasteiger partial charge < -0.3 is 14.2 Å². The van der Waals surface area contributed by atoms with E-state index in [9.17, 15) is 4.79 Å². The van der Waals surface area contributed by atoms with Gasteiger partial charge in [-0.25, -0.2) is 0 Å². The molecular weight excluding hydrogens is 475 g/mol. The first-order valence-electron chi connectivity index (χ1n) is 9.45. The van der Waals surface area contributed by atoms with Gasteiger partial charge in [-0.15, -0.1) is 0 Å². The summed E-state index contributed by atoms with van der Waals surface area (Å²) in [5.41, 5.74) is 4.69. The molecule has 4 rings (SSSR count). The highest BCUT2D eigenvalue weighted by atomic mass is 79.9. The first kappa shape index (κ1) is 20.7. The van der Waals surface area contributed by atoms with Gasteiger partial charge in [0, 0.05) is 52.7 Å². The predicted octanol–water partition coefficient (Wildman–Crippen LogP) is 5.62. The number of hydrogen-bond acceptors (Lipinski definition) is 2. The van der Waals surface area contributed by atoms with Crippen LogP contribution in [0.5, 0.6) is 0 Å². The monoisotopic (exact) mass is 494 g/mol. The van der Waals surface area contributed by atoms with Crippen molar-refractivity contribution in [2.45, 2.75) is 13.3 Å². The van der Waals surface area contributed by atoms with Crippen LogP contribution in [0, 0.1) is 6.92 Å². The highest BCUT2D eigenvalue weighted by Crippen LogP contribution is 2.33. The summed E-state index contributed by atoms with van der Waals surface area (Å²) >= 11 is 16.8. The van der Waals surface area contributed by atoms with Crippen molar-refractivity contribution in [3.05, 3.63) is 67.2 Å². The average molecular weight is 496 g/mol. The number of carbonyl (C=O) groups excluding carboxylic acids is 1. The quantitative estimate of drug-likeness (QED) is 0.472. The summed E-state index contributed by atoms with van der Waals surface area (Å²) in [7, 11) is 2.04. The van der Waals surface area contributed by atoms with Crippen molar-refractivity contribution in [1.29, 1.82) is 0 Å². The number of rotatable bonds is 3. The number of ether oxygens (including phenoxy) is 1. The molecule has 29 heavy (non-hydrogen) atoms. The molecule has 0 aliphatic carbocycles. The number of hydrogen-bond donors (Lipinski definition) is 0. The van der Waals surface area contributed by atoms with Crippen molar-refractivity contribution in [3.8, 4) is 0 Å². The van der Waals surface area contributed by atoms with Gasteiger partial charge in [0.15, 0.2) is 0 Å². The lowest BCUT2D eigenvalue weighted by molar-refractivity contribution is 0.0303. The van der Waals surface area contributed by atoms with E-state index in [1.807, 2.05) is 7.05 Å². The van der Waals surface area contributed by atoms with Crippen molar-refractivity contribution in [3.63, 3.8) is 0 Å². The highest BCUT2D eigenvalue weighted by molar-refractivity contribution is 9.10. The van der Waals surface area contributed by atoms with E-state index in [0.29, 0.717) is 48.3 Å². The topological polar surface area (TPSA) is 34.5 Å². The molecule has 0 bridgehead atoms. The Morgan fingerprint density at radius 3 is 2.62 bits per heavy atom. The van der Waals surface area contributed by atoms with Gasteiger partial charge in [0.25, 0.3) is 5.91 Å². The van der Waals surface area contributed by atoms with Gasteiger partial charge >= 0.3 is 0 Å². The normalized spacial score (nSPS) is 14.6. The Kier molecular flexibility index (Phi) is 5.94. The van der Waals surface area contributed by atoms with Gasteiger partial charge in [-0.05, 0) is 48.4 Å². The molecule has 0 spiro atoms. The fourth-order valence-electron chi connectivity index (χ4n) is 3.83. The van der Waals surface area contributed by atoms with Gasteiger partial charge in [-0.2, -0.15) is 0 Å². The van der Waals surface area contributed by atoms with Crippen LogP contribution < -0.4 is 0 Å². The Bertz CT molecular complexity index is 1100. The van der Waals surface area contributed by atoms with Gasteiger partial charge in [-0.1, -0.05) is 39.1 Å². The third-order valence-corrected chi connectivity index (χ3v) is 6.75. The summed E-state index contributed by atoms with van der Waals surface area (Å²) in [5, 5.41) is 2.19. The molecule has 1 aromatic heterocycles. The lowest BCUT2D eigenvalue weighted by Gasteiger charge is -2.27. The number of nitrogens with zero attached hydrogens (tertiary/aromatic N) is 2. The second-order valence-corrected chi connectivity index (χ2v) is 9.02. The zero-order chi connectivity index (χ0) is 20.7. The first-order chi connectivity index (χ1) is 13.9. The van der Waals surface area contributed by atoms with E-state index < -0.39 is 0 Å². The van der Waals surface area contributed by atoms with E-state index in [2.05, 4.69) is 45.6 Å². The third kappa shape index (κ3) is 3.93. The largest absolute Gasteiger partial charge is 0.378 e. The Hall–Kier alpha value is -1.53. The summed E-state index contributed by atoms with van der Waals surface area (Å²) in [6.45, 7) is 4.34. The number of morpholine rings is 1. The zero-order valence-corrected chi connectivity index (χ0v) is 19.4. The molecule has 4 nitrogen and oxygen atoms in total. The van der Waals surface area contributed by atoms with Crippen LogP contribution in [0.1, 0.15) is 27.2 Å². The maximum Gasteiger partial charge on any atom is 0.255 e. The maximum absolute atomic E-state index is 13.0. The van der Waals surface area contributed by atoms with Crippen LogP contribution in [-0.4, -0.2) is 41.7 Å². The Balaban J connectivity index is 1.72. The van der Waals surface area contributed by atoms with Crippen molar-refractivity contribution in [1.82, 2.24) is 9.47 Å². The summed E-state index contributed by atoms with van der Waals surface area (Å²) in [6.07, 6.45) is 0.546. The van der Waals surface area contributed by atoms with Gasteiger partial charge in [0.1, 0.15) is 0 Å². The molecule has 152 valence electrons. The van der Waals surface area contributed by atoms with Crippen LogP contribution in [0.2, 0.25) is 10.0 Å². The molecule has 1 amide bonds. The molecule has 2 heterocycles. The van der Waals surface area contributed by atoms with Crippen molar-refractivity contribution >= 4 is 55.9 Å². The highest BCUT2D eigenvalue weighted by Gasteiger charge is 2.23. The molecule has 2 aromatic carbocycles. The Morgan fingerprint density at radius 1 is 1.17 bits per heavy atom. The Morgan fingerprint density at radius 2 is 1.90 bits per heavy atom. The molecule has 0 atom stereocenters. The van der Waals surface area contributed by atoms with Crippen LogP contribution >= 0.6 is 39.1 Å². The number of aromatic nitrogens is 1. The van der Waals surface area contributed by atoms with Gasteiger partial charge in [0.2, 0.25) is 0 Å². The first-order valence-corrected chi connectivity index (χ1v) is 11.0. The molecule has 0 N–H and O–H groups in total. The van der Waals surface area contributed by atoms with E-state index in [4.69, 9.17) is 27.9 Å². The second kappa shape index (κ2) is 8.31. The van der Waals surface area contributed by atoms with Crippen LogP contribution in [0.4, 0.5) is 0 Å². The molecular formula is C22H21BrCl2N2O2. The number of carbonyl (C=O) groups is 1. The van der Waals surface area contributed by atoms with Gasteiger partial charge in [0.05, 0.1) is 23.8 Å². The van der Waals surface area contributed by atoms with Crippen molar-refractivity contribution in [2.24, 2.45) is 7.05 Å². The van der Waals surface area contributed by atoms with E-state index in [-0.39, 0.29) is 5.91 Å². The van der Waals surface area contributed by atoms with E-state index >= 15 is 0 Å². The molecule has 0 unspecified atom stereocenters. The summed E-state index contributed by atoms with van der Waals surface area (Å²) in [5.74, 6) is -0.0759. The molecule has 3 aromatic rings. The Labute approximate surface area is 188 Å². The van der Waals surface area contributed by atoms with E-state index in [0.717, 1.165) is 21.2 Å². The van der Waals surface area contributed by atoms with Crippen LogP contribution in [0.15, 0.2) is 34.8 Å². The summed E-state index contributed by atoms with van der Waals surface area (Å²) < 4.78 is 8.54. The van der Waals surface area contributed by atoms with E-state index in [1.165, 1.54) is 10.9 Å². The van der Waals surface area contributed by atoms with Crippen LogP contribution in [0.3, 0.4) is 0 Å². The summed E-state index contributed by atoms with van der Waals surface area (Å²) in [4.78, 5) is 14.7. The number of amides is 1. The molecule has 0 radical (unpaired) electrons. The minimum atomic E-state index is -0.0759. The molecule has 1 aliphatic heterocycles. The van der Waals surface area contributed by atoms with E-state index in [1.54, 1.807) is 17.0 Å². The molecule has 0 saturated carbocycles. The fourth-order valence-corrected chi connectivity index (χ4v) is 4.98. The van der Waals surface area contributed by atoms with Gasteiger partial charge in [-0.3, -0.25) is 4.79 Å². The number of aryl methyl sites for hydroxylation is 2. The number of fused-ring (bicyclic) bond motifs is 1. The van der Waals surface area contributed by atoms with Crippen molar-refractivity contribution in [2.75, 3.05) is 26.3 Å². The smallest absolute Gasteiger partial charge is 0.255 e. The zero-order valence-electron chi connectivity index (χ0n) is 16.3. The molecule has 7 heteroatoms. The minimum absolute atomic E-state index is 0.0759. The lowest BCUT2D eigenvalue weighted by atomic mass is 10.0. The van der Waals surface area contributed by atoms with Crippen molar-refractivity contribution < 1.29 is 9.53 Å². The average Bonchev–Trinajstić information content (AvgIpc) is 3.01. The second-order valence-electron chi connectivity index (χ2n) is 7.32. The number of halogens is 3. The number of benzene rings is 2. The SMILES string of the molecule is Cc1cc(Br)cc2c1cc(Cc1c(Cl)ccc(C(=O)N3CCOCC3)c1Cl)n2C. The third-order valence-electron chi connectivity index (χ3n) is 5.51. The molecule has 1 fully saturated rings. The maximum atomic E-state index is 13.0. The molecule has 1 aliphatic rings. The van der Waals surface area contributed by atoms with Crippen LogP contribution in [0.25, 0.3) is 10.9 Å². The predicted molar refractivity (Wildman–Crippen MR) is 121 cm³/mol.